The molecule has 0 fully saturated rings. The second-order valence-electron chi connectivity index (χ2n) is 6.23. The third-order valence-corrected chi connectivity index (χ3v) is 4.08. The van der Waals surface area contributed by atoms with Crippen molar-refractivity contribution in [2.75, 3.05) is 0 Å². The fraction of sp³-hybridized carbons (Fsp3) is 0.438. The van der Waals surface area contributed by atoms with Gasteiger partial charge in [0.15, 0.2) is 11.5 Å². The van der Waals surface area contributed by atoms with Gasteiger partial charge in [0.05, 0.1) is 12.2 Å². The molecule has 0 amide bonds. The fourth-order valence-electron chi connectivity index (χ4n) is 2.89. The number of rotatable bonds is 5. The average molecular weight is 352 g/mol. The van der Waals surface area contributed by atoms with E-state index in [2.05, 4.69) is 20.6 Å². The number of nitrogens with one attached hydrogen (secondary N) is 1. The maximum Gasteiger partial charge on any atom is 0.433 e. The van der Waals surface area contributed by atoms with Gasteiger partial charge in [-0.3, -0.25) is 9.08 Å². The Kier molecular flexibility index (Phi) is 4.51. The summed E-state index contributed by atoms with van der Waals surface area (Å²) in [5, 5.41) is 15.2. The summed E-state index contributed by atoms with van der Waals surface area (Å²) < 4.78 is 42.3. The Hall–Kier alpha value is -2.42. The van der Waals surface area contributed by atoms with Gasteiger partial charge in [0.2, 0.25) is 0 Å². The summed E-state index contributed by atoms with van der Waals surface area (Å²) in [5.74, 6) is 0.779. The molecular weight excluding hydrogens is 333 g/mol. The van der Waals surface area contributed by atoms with Gasteiger partial charge in [-0.1, -0.05) is 19.9 Å². The molecule has 3 rings (SSSR count). The van der Waals surface area contributed by atoms with Crippen LogP contribution < -0.4 is 5.32 Å². The van der Waals surface area contributed by atoms with Crippen molar-refractivity contribution in [3.05, 3.63) is 47.7 Å². The minimum atomic E-state index is -4.45. The van der Waals surface area contributed by atoms with Gasteiger partial charge in [-0.15, -0.1) is 10.2 Å². The van der Waals surface area contributed by atoms with E-state index in [-0.39, 0.29) is 24.1 Å². The average Bonchev–Trinajstić information content (AvgIpc) is 3.11. The Labute approximate surface area is 142 Å². The van der Waals surface area contributed by atoms with Crippen LogP contribution in [0.25, 0.3) is 5.65 Å². The van der Waals surface area contributed by atoms with Crippen LogP contribution in [-0.2, 0) is 19.8 Å². The third-order valence-electron chi connectivity index (χ3n) is 4.08. The van der Waals surface area contributed by atoms with Gasteiger partial charge < -0.3 is 5.32 Å². The highest BCUT2D eigenvalue weighted by molar-refractivity contribution is 5.37. The van der Waals surface area contributed by atoms with Crippen LogP contribution in [0.4, 0.5) is 13.2 Å². The van der Waals surface area contributed by atoms with Crippen molar-refractivity contribution in [3.63, 3.8) is 0 Å². The van der Waals surface area contributed by atoms with Crippen molar-refractivity contribution in [2.24, 2.45) is 13.0 Å². The summed E-state index contributed by atoms with van der Waals surface area (Å²) in [7, 11) is 1.29. The Bertz CT molecular complexity index is 864. The molecule has 0 radical (unpaired) electrons. The summed E-state index contributed by atoms with van der Waals surface area (Å²) >= 11 is 0. The minimum absolute atomic E-state index is 0.0350. The van der Waals surface area contributed by atoms with Gasteiger partial charge in [-0.2, -0.15) is 18.3 Å². The molecule has 1 atom stereocenters. The zero-order chi connectivity index (χ0) is 18.2. The predicted molar refractivity (Wildman–Crippen MR) is 85.6 cm³/mol. The van der Waals surface area contributed by atoms with E-state index in [1.807, 2.05) is 42.6 Å². The Morgan fingerprint density at radius 3 is 2.64 bits per heavy atom. The van der Waals surface area contributed by atoms with E-state index in [0.717, 1.165) is 4.68 Å². The molecule has 0 saturated carbocycles. The van der Waals surface area contributed by atoms with Crippen LogP contribution in [0.2, 0.25) is 0 Å². The standard InChI is InChI=1S/C16H19F3N6/c1-10(2)13(15-23-22-12-6-4-5-7-25(12)15)20-8-11-9-21-24(3)14(11)16(17,18)19/h4-7,9-10,13,20H,8H2,1-3H3/t13-/m1/s1. The maximum absolute atomic E-state index is 13.2. The largest absolute Gasteiger partial charge is 0.433 e. The van der Waals surface area contributed by atoms with Crippen molar-refractivity contribution in [1.29, 1.82) is 0 Å². The van der Waals surface area contributed by atoms with E-state index in [9.17, 15) is 13.2 Å². The lowest BCUT2D eigenvalue weighted by molar-refractivity contribution is -0.144. The number of pyridine rings is 1. The van der Waals surface area contributed by atoms with Crippen molar-refractivity contribution in [2.45, 2.75) is 32.6 Å². The highest BCUT2D eigenvalue weighted by atomic mass is 19.4. The van der Waals surface area contributed by atoms with Crippen LogP contribution in [-0.4, -0.2) is 24.4 Å². The molecule has 0 unspecified atom stereocenters. The van der Waals surface area contributed by atoms with Crippen molar-refractivity contribution in [1.82, 2.24) is 29.7 Å². The smallest absolute Gasteiger partial charge is 0.303 e. The molecule has 134 valence electrons. The number of aryl methyl sites for hydroxylation is 1. The molecule has 0 aliphatic rings. The first-order valence-electron chi connectivity index (χ1n) is 7.90. The van der Waals surface area contributed by atoms with E-state index in [1.165, 1.54) is 13.2 Å². The van der Waals surface area contributed by atoms with Gasteiger partial charge >= 0.3 is 6.18 Å². The quantitative estimate of drug-likeness (QED) is 0.767. The Morgan fingerprint density at radius 2 is 1.96 bits per heavy atom. The molecule has 0 aliphatic carbocycles. The van der Waals surface area contributed by atoms with Crippen LogP contribution in [0.15, 0.2) is 30.6 Å². The number of aromatic nitrogens is 5. The number of fused-ring (bicyclic) bond motifs is 1. The molecule has 6 nitrogen and oxygen atoms in total. The van der Waals surface area contributed by atoms with Gasteiger partial charge in [-0.05, 0) is 18.1 Å². The summed E-state index contributed by atoms with van der Waals surface area (Å²) in [5.41, 5.74) is 0.0605. The number of nitrogens with zero attached hydrogens (tertiary/aromatic N) is 5. The molecule has 0 spiro atoms. The third kappa shape index (κ3) is 3.37. The van der Waals surface area contributed by atoms with Gasteiger partial charge in [0.1, 0.15) is 5.69 Å². The lowest BCUT2D eigenvalue weighted by Crippen LogP contribution is -2.28. The summed E-state index contributed by atoms with van der Waals surface area (Å²) in [4.78, 5) is 0. The van der Waals surface area contributed by atoms with E-state index >= 15 is 0 Å². The number of hydrogen-bond acceptors (Lipinski definition) is 4. The zero-order valence-corrected chi connectivity index (χ0v) is 14.1. The van der Waals surface area contributed by atoms with Crippen molar-refractivity contribution < 1.29 is 13.2 Å². The second kappa shape index (κ2) is 6.47. The van der Waals surface area contributed by atoms with Gasteiger partial charge in [0, 0.05) is 25.4 Å². The zero-order valence-electron chi connectivity index (χ0n) is 14.1. The van der Waals surface area contributed by atoms with Crippen LogP contribution in [0.1, 0.15) is 37.0 Å². The van der Waals surface area contributed by atoms with Crippen molar-refractivity contribution >= 4 is 5.65 Å². The summed E-state index contributed by atoms with van der Waals surface area (Å²) in [6.07, 6.45) is -1.36. The SMILES string of the molecule is CC(C)[C@@H](NCc1cnn(C)c1C(F)(F)F)c1nnc2ccccn12. The molecule has 1 N–H and O–H groups in total. The molecule has 0 saturated heterocycles. The molecule has 0 aromatic carbocycles. The molecular formula is C16H19F3N6. The van der Waals surface area contributed by atoms with E-state index < -0.39 is 11.9 Å². The first-order valence-corrected chi connectivity index (χ1v) is 7.90. The summed E-state index contributed by atoms with van der Waals surface area (Å²) in [6, 6.07) is 5.30. The molecule has 3 aromatic rings. The number of alkyl halides is 3. The topological polar surface area (TPSA) is 60.0 Å². The first kappa shape index (κ1) is 17.4. The monoisotopic (exact) mass is 352 g/mol. The maximum atomic E-state index is 13.2. The second-order valence-corrected chi connectivity index (χ2v) is 6.23. The molecule has 0 aliphatic heterocycles. The van der Waals surface area contributed by atoms with Crippen LogP contribution >= 0.6 is 0 Å². The highest BCUT2D eigenvalue weighted by Gasteiger charge is 2.37. The Balaban J connectivity index is 1.88. The molecule has 0 bridgehead atoms. The van der Waals surface area contributed by atoms with Gasteiger partial charge in [-0.25, -0.2) is 0 Å². The number of halogens is 3. The number of hydrogen-bond donors (Lipinski definition) is 1. The van der Waals surface area contributed by atoms with E-state index in [1.54, 1.807) is 0 Å². The van der Waals surface area contributed by atoms with Gasteiger partial charge in [0.25, 0.3) is 0 Å². The van der Waals surface area contributed by atoms with Crippen LogP contribution in [0.3, 0.4) is 0 Å². The summed E-state index contributed by atoms with van der Waals surface area (Å²) in [6.45, 7) is 4.00. The Morgan fingerprint density at radius 1 is 1.20 bits per heavy atom. The molecule has 9 heteroatoms. The molecule has 25 heavy (non-hydrogen) atoms. The van der Waals surface area contributed by atoms with E-state index in [4.69, 9.17) is 0 Å². The molecule has 3 aromatic heterocycles. The van der Waals surface area contributed by atoms with Crippen LogP contribution in [0.5, 0.6) is 0 Å². The highest BCUT2D eigenvalue weighted by Crippen LogP contribution is 2.32. The lowest BCUT2D eigenvalue weighted by atomic mass is 10.0. The minimum Gasteiger partial charge on any atom is -0.303 e. The first-order chi connectivity index (χ1) is 11.8. The molecule has 3 heterocycles. The normalized spacial score (nSPS) is 13.7. The fourth-order valence-corrected chi connectivity index (χ4v) is 2.89. The van der Waals surface area contributed by atoms with Crippen LogP contribution in [0, 0.1) is 5.92 Å². The van der Waals surface area contributed by atoms with E-state index in [0.29, 0.717) is 11.5 Å². The van der Waals surface area contributed by atoms with Crippen molar-refractivity contribution in [3.8, 4) is 0 Å². The lowest BCUT2D eigenvalue weighted by Gasteiger charge is -2.21. The predicted octanol–water partition coefficient (Wildman–Crippen LogP) is 2.97.